The maximum absolute atomic E-state index is 13.0. The van der Waals surface area contributed by atoms with E-state index in [1.807, 2.05) is 30.8 Å². The number of anilines is 1. The average Bonchev–Trinajstić information content (AvgIpc) is 3.52. The van der Waals surface area contributed by atoms with Crippen LogP contribution in [0, 0.1) is 24.7 Å². The highest BCUT2D eigenvalue weighted by molar-refractivity contribution is 5.93. The van der Waals surface area contributed by atoms with E-state index in [1.165, 1.54) is 32.1 Å². The van der Waals surface area contributed by atoms with Crippen LogP contribution in [0.5, 0.6) is 0 Å². The SMILES string of the molecule is Cc1nn(C)c2cc(NC(=O)N3C[C@@H](C4CC4)C[C@H]3C3CC3)ccc12. The Morgan fingerprint density at radius 2 is 1.92 bits per heavy atom. The van der Waals surface area contributed by atoms with Gasteiger partial charge in [-0.25, -0.2) is 4.79 Å². The van der Waals surface area contributed by atoms with Crippen molar-refractivity contribution in [3.8, 4) is 0 Å². The first-order valence-electron chi connectivity index (χ1n) is 9.61. The standard InChI is InChI=1S/C20H26N4O/c1-12-17-8-7-16(10-19(17)23(2)22-12)21-20(25)24-11-15(13-3-4-13)9-18(24)14-5-6-14/h7-8,10,13-15,18H,3-6,9,11H2,1-2H3,(H,21,25)/t15-,18-/m0/s1. The zero-order chi connectivity index (χ0) is 17.1. The van der Waals surface area contributed by atoms with Crippen molar-refractivity contribution in [3.05, 3.63) is 23.9 Å². The average molecular weight is 338 g/mol. The maximum Gasteiger partial charge on any atom is 0.322 e. The van der Waals surface area contributed by atoms with Crippen molar-refractivity contribution in [2.45, 2.75) is 45.1 Å². The van der Waals surface area contributed by atoms with E-state index in [-0.39, 0.29) is 6.03 Å². The summed E-state index contributed by atoms with van der Waals surface area (Å²) < 4.78 is 1.88. The molecule has 5 nitrogen and oxygen atoms in total. The Morgan fingerprint density at radius 3 is 2.64 bits per heavy atom. The number of hydrogen-bond donors (Lipinski definition) is 1. The lowest BCUT2D eigenvalue weighted by Gasteiger charge is -2.25. The van der Waals surface area contributed by atoms with Gasteiger partial charge < -0.3 is 10.2 Å². The number of hydrogen-bond acceptors (Lipinski definition) is 2. The largest absolute Gasteiger partial charge is 0.322 e. The van der Waals surface area contributed by atoms with E-state index in [0.29, 0.717) is 6.04 Å². The molecule has 1 saturated heterocycles. The van der Waals surface area contributed by atoms with E-state index in [4.69, 9.17) is 0 Å². The van der Waals surface area contributed by atoms with E-state index < -0.39 is 0 Å². The van der Waals surface area contributed by atoms with E-state index in [2.05, 4.69) is 21.4 Å². The molecule has 2 aromatic rings. The summed E-state index contributed by atoms with van der Waals surface area (Å²) in [6.45, 7) is 2.97. The summed E-state index contributed by atoms with van der Waals surface area (Å²) >= 11 is 0. The van der Waals surface area contributed by atoms with Gasteiger partial charge in [-0.3, -0.25) is 4.68 Å². The highest BCUT2D eigenvalue weighted by Gasteiger charge is 2.47. The Hall–Kier alpha value is -2.04. The molecule has 5 rings (SSSR count). The molecule has 1 N–H and O–H groups in total. The van der Waals surface area contributed by atoms with E-state index in [0.717, 1.165) is 46.6 Å². The Kier molecular flexibility index (Phi) is 3.34. The zero-order valence-electron chi connectivity index (χ0n) is 15.0. The molecule has 3 fully saturated rings. The first kappa shape index (κ1) is 15.2. The van der Waals surface area contributed by atoms with Gasteiger partial charge in [-0.15, -0.1) is 0 Å². The summed E-state index contributed by atoms with van der Waals surface area (Å²) in [5.41, 5.74) is 2.95. The molecule has 25 heavy (non-hydrogen) atoms. The summed E-state index contributed by atoms with van der Waals surface area (Å²) in [5, 5.41) is 8.76. The van der Waals surface area contributed by atoms with Gasteiger partial charge in [-0.2, -0.15) is 5.10 Å². The second kappa shape index (κ2) is 5.48. The van der Waals surface area contributed by atoms with Crippen LogP contribution in [0.4, 0.5) is 10.5 Å². The minimum Gasteiger partial charge on any atom is -0.321 e. The minimum absolute atomic E-state index is 0.0818. The normalized spacial score (nSPS) is 26.4. The lowest BCUT2D eigenvalue weighted by atomic mass is 9.98. The van der Waals surface area contributed by atoms with Crippen LogP contribution >= 0.6 is 0 Å². The highest BCUT2D eigenvalue weighted by Crippen LogP contribution is 2.48. The molecule has 0 spiro atoms. The van der Waals surface area contributed by atoms with Gasteiger partial charge in [0.2, 0.25) is 0 Å². The van der Waals surface area contributed by atoms with Crippen LogP contribution in [0.2, 0.25) is 0 Å². The Morgan fingerprint density at radius 1 is 1.16 bits per heavy atom. The molecular weight excluding hydrogens is 312 g/mol. The van der Waals surface area contributed by atoms with Crippen molar-refractivity contribution >= 4 is 22.6 Å². The molecule has 132 valence electrons. The molecular formula is C20H26N4O. The molecule has 2 aliphatic carbocycles. The fraction of sp³-hybridized carbons (Fsp3) is 0.600. The molecule has 0 radical (unpaired) electrons. The molecule has 2 heterocycles. The summed E-state index contributed by atoms with van der Waals surface area (Å²) in [6, 6.07) is 6.64. The van der Waals surface area contributed by atoms with Gasteiger partial charge >= 0.3 is 6.03 Å². The summed E-state index contributed by atoms with van der Waals surface area (Å²) in [6.07, 6.45) is 6.56. The number of benzene rings is 1. The third-order valence-corrected chi connectivity index (χ3v) is 6.38. The predicted molar refractivity (Wildman–Crippen MR) is 98.5 cm³/mol. The van der Waals surface area contributed by atoms with Crippen LogP contribution < -0.4 is 5.32 Å². The second-order valence-electron chi connectivity index (χ2n) is 8.26. The third-order valence-electron chi connectivity index (χ3n) is 6.38. The molecule has 0 bridgehead atoms. The molecule has 1 aliphatic heterocycles. The number of carbonyl (C=O) groups excluding carboxylic acids is 1. The van der Waals surface area contributed by atoms with E-state index >= 15 is 0 Å². The van der Waals surface area contributed by atoms with Gasteiger partial charge in [0, 0.05) is 30.7 Å². The molecule has 3 aliphatic rings. The van der Waals surface area contributed by atoms with Crippen molar-refractivity contribution in [1.82, 2.24) is 14.7 Å². The number of nitrogens with one attached hydrogen (secondary N) is 1. The quantitative estimate of drug-likeness (QED) is 0.922. The molecule has 2 saturated carbocycles. The summed E-state index contributed by atoms with van der Waals surface area (Å²) in [5.74, 6) is 2.36. The van der Waals surface area contributed by atoms with Crippen molar-refractivity contribution < 1.29 is 4.79 Å². The Bertz CT molecular complexity index is 834. The number of rotatable bonds is 3. The molecule has 1 aromatic carbocycles. The van der Waals surface area contributed by atoms with Crippen LogP contribution in [-0.2, 0) is 7.05 Å². The highest BCUT2D eigenvalue weighted by atomic mass is 16.2. The van der Waals surface area contributed by atoms with Gasteiger partial charge in [0.15, 0.2) is 0 Å². The lowest BCUT2D eigenvalue weighted by Crippen LogP contribution is -2.40. The van der Waals surface area contributed by atoms with Crippen molar-refractivity contribution in [3.63, 3.8) is 0 Å². The van der Waals surface area contributed by atoms with Crippen LogP contribution in [0.1, 0.15) is 37.8 Å². The molecule has 2 amide bonds. The number of aromatic nitrogens is 2. The minimum atomic E-state index is 0.0818. The van der Waals surface area contributed by atoms with Crippen molar-refractivity contribution in [1.29, 1.82) is 0 Å². The zero-order valence-corrected chi connectivity index (χ0v) is 15.0. The summed E-state index contributed by atoms with van der Waals surface area (Å²) in [7, 11) is 1.95. The third kappa shape index (κ3) is 2.70. The van der Waals surface area contributed by atoms with Gasteiger partial charge in [0.1, 0.15) is 0 Å². The van der Waals surface area contributed by atoms with Crippen LogP contribution in [0.15, 0.2) is 18.2 Å². The van der Waals surface area contributed by atoms with E-state index in [1.54, 1.807) is 0 Å². The summed E-state index contributed by atoms with van der Waals surface area (Å²) in [4.78, 5) is 15.1. The van der Waals surface area contributed by atoms with Gasteiger partial charge in [-0.05, 0) is 75.0 Å². The van der Waals surface area contributed by atoms with Crippen molar-refractivity contribution in [2.75, 3.05) is 11.9 Å². The number of likely N-dealkylation sites (tertiary alicyclic amines) is 1. The van der Waals surface area contributed by atoms with Gasteiger partial charge in [-0.1, -0.05) is 0 Å². The maximum atomic E-state index is 13.0. The van der Waals surface area contributed by atoms with Gasteiger partial charge in [0.25, 0.3) is 0 Å². The topological polar surface area (TPSA) is 50.2 Å². The number of aryl methyl sites for hydroxylation is 2. The van der Waals surface area contributed by atoms with E-state index in [9.17, 15) is 4.79 Å². The Balaban J connectivity index is 1.36. The fourth-order valence-corrected chi connectivity index (χ4v) is 4.68. The Labute approximate surface area is 148 Å². The van der Waals surface area contributed by atoms with Crippen LogP contribution in [0.25, 0.3) is 10.9 Å². The number of fused-ring (bicyclic) bond motifs is 1. The molecule has 5 heteroatoms. The fourth-order valence-electron chi connectivity index (χ4n) is 4.68. The van der Waals surface area contributed by atoms with Gasteiger partial charge in [0.05, 0.1) is 11.2 Å². The number of carbonyl (C=O) groups is 1. The molecule has 2 atom stereocenters. The number of amides is 2. The lowest BCUT2D eigenvalue weighted by molar-refractivity contribution is 0.199. The predicted octanol–water partition coefficient (Wildman–Crippen LogP) is 3.92. The monoisotopic (exact) mass is 338 g/mol. The number of nitrogens with zero attached hydrogens (tertiary/aromatic N) is 3. The molecule has 0 unspecified atom stereocenters. The smallest absolute Gasteiger partial charge is 0.321 e. The second-order valence-corrected chi connectivity index (χ2v) is 8.26. The first-order chi connectivity index (χ1) is 12.1. The van der Waals surface area contributed by atoms with Crippen LogP contribution in [-0.4, -0.2) is 33.3 Å². The van der Waals surface area contributed by atoms with Crippen molar-refractivity contribution in [2.24, 2.45) is 24.8 Å². The first-order valence-corrected chi connectivity index (χ1v) is 9.61. The van der Waals surface area contributed by atoms with Crippen LogP contribution in [0.3, 0.4) is 0 Å². The number of urea groups is 1. The molecule has 1 aromatic heterocycles.